The Morgan fingerprint density at radius 1 is 1.24 bits per heavy atom. The first-order chi connectivity index (χ1) is 10.1. The minimum atomic E-state index is 0.161. The topological polar surface area (TPSA) is 29.1 Å². The number of hydrogen-bond donors (Lipinski definition) is 1. The summed E-state index contributed by atoms with van der Waals surface area (Å²) in [6.07, 6.45) is 7.20. The zero-order valence-electron chi connectivity index (χ0n) is 13.4. The van der Waals surface area contributed by atoms with Gasteiger partial charge in [-0.2, -0.15) is 0 Å². The molecule has 1 amide bonds. The molecule has 1 aliphatic carbocycles. The summed E-state index contributed by atoms with van der Waals surface area (Å²) in [5, 5.41) is 2.99. The van der Waals surface area contributed by atoms with Gasteiger partial charge in [0.2, 0.25) is 5.91 Å². The first-order valence-electron chi connectivity index (χ1n) is 8.10. The molecule has 2 rings (SSSR count). The van der Waals surface area contributed by atoms with E-state index in [9.17, 15) is 4.79 Å². The van der Waals surface area contributed by atoms with E-state index in [-0.39, 0.29) is 11.8 Å². The molecule has 114 valence electrons. The number of nitrogens with one attached hydrogen (secondary N) is 1. The van der Waals surface area contributed by atoms with Gasteiger partial charge in [-0.15, -0.1) is 0 Å². The highest BCUT2D eigenvalue weighted by Crippen LogP contribution is 2.38. The predicted molar refractivity (Wildman–Crippen MR) is 88.5 cm³/mol. The lowest BCUT2D eigenvalue weighted by Crippen LogP contribution is -2.38. The number of benzene rings is 1. The molecular formula is C19H27NO. The number of rotatable bonds is 4. The summed E-state index contributed by atoms with van der Waals surface area (Å²) in [6.45, 7) is 6.73. The Balaban J connectivity index is 1.96. The van der Waals surface area contributed by atoms with E-state index in [1.54, 1.807) is 6.20 Å². The molecule has 1 aromatic rings. The van der Waals surface area contributed by atoms with Crippen LogP contribution in [0.2, 0.25) is 0 Å². The zero-order chi connectivity index (χ0) is 15.2. The maximum atomic E-state index is 12.5. The lowest BCUT2D eigenvalue weighted by atomic mass is 9.70. The van der Waals surface area contributed by atoms with Gasteiger partial charge in [0.1, 0.15) is 0 Å². The van der Waals surface area contributed by atoms with Crippen molar-refractivity contribution < 1.29 is 4.79 Å². The molecule has 2 nitrogen and oxygen atoms in total. The molecule has 2 heteroatoms. The van der Waals surface area contributed by atoms with Gasteiger partial charge in [-0.05, 0) is 42.2 Å². The summed E-state index contributed by atoms with van der Waals surface area (Å²) in [4.78, 5) is 12.5. The van der Waals surface area contributed by atoms with E-state index in [2.05, 4.69) is 26.1 Å². The van der Waals surface area contributed by atoms with Crippen molar-refractivity contribution in [1.82, 2.24) is 5.32 Å². The van der Waals surface area contributed by atoms with Gasteiger partial charge in [0.05, 0.1) is 0 Å². The number of hydrogen-bond acceptors (Lipinski definition) is 1. The Morgan fingerprint density at radius 2 is 1.95 bits per heavy atom. The van der Waals surface area contributed by atoms with Gasteiger partial charge in [-0.1, -0.05) is 57.5 Å². The van der Waals surface area contributed by atoms with E-state index in [1.165, 1.54) is 12.8 Å². The smallest absolute Gasteiger partial charge is 0.227 e. The van der Waals surface area contributed by atoms with Gasteiger partial charge >= 0.3 is 0 Å². The third kappa shape index (κ3) is 4.45. The molecule has 0 radical (unpaired) electrons. The van der Waals surface area contributed by atoms with Crippen LogP contribution in [0.3, 0.4) is 0 Å². The summed E-state index contributed by atoms with van der Waals surface area (Å²) in [6, 6.07) is 10.1. The molecule has 3 atom stereocenters. The van der Waals surface area contributed by atoms with Crippen LogP contribution in [0.5, 0.6) is 0 Å². The average molecular weight is 285 g/mol. The van der Waals surface area contributed by atoms with Crippen molar-refractivity contribution in [3.8, 4) is 0 Å². The molecule has 0 aromatic heterocycles. The SMILES string of the molecule is CC(C)[C@@H]1CC[C@@H](C)C[C@H]1C(=O)NC=Cc1ccccc1. The first-order valence-corrected chi connectivity index (χ1v) is 8.10. The van der Waals surface area contributed by atoms with Crippen molar-refractivity contribution in [2.75, 3.05) is 0 Å². The molecule has 0 spiro atoms. The molecule has 0 heterocycles. The van der Waals surface area contributed by atoms with E-state index in [1.807, 2.05) is 36.4 Å². The highest BCUT2D eigenvalue weighted by atomic mass is 16.1. The van der Waals surface area contributed by atoms with Crippen LogP contribution in [-0.4, -0.2) is 5.91 Å². The lowest BCUT2D eigenvalue weighted by molar-refractivity contribution is -0.128. The van der Waals surface area contributed by atoms with Crippen molar-refractivity contribution in [2.24, 2.45) is 23.7 Å². The number of amides is 1. The van der Waals surface area contributed by atoms with Crippen LogP contribution >= 0.6 is 0 Å². The Kier molecular flexibility index (Phi) is 5.60. The summed E-state index contributed by atoms with van der Waals surface area (Å²) in [7, 11) is 0. The summed E-state index contributed by atoms with van der Waals surface area (Å²) in [5.41, 5.74) is 1.11. The van der Waals surface area contributed by atoms with E-state index in [0.717, 1.165) is 12.0 Å². The van der Waals surface area contributed by atoms with E-state index in [0.29, 0.717) is 17.8 Å². The summed E-state index contributed by atoms with van der Waals surface area (Å²) >= 11 is 0. The van der Waals surface area contributed by atoms with E-state index < -0.39 is 0 Å². The minimum Gasteiger partial charge on any atom is -0.332 e. The molecule has 1 saturated carbocycles. The molecule has 21 heavy (non-hydrogen) atoms. The Hall–Kier alpha value is -1.57. The normalized spacial score (nSPS) is 26.2. The van der Waals surface area contributed by atoms with E-state index in [4.69, 9.17) is 0 Å². The van der Waals surface area contributed by atoms with Crippen molar-refractivity contribution in [3.63, 3.8) is 0 Å². The number of carbonyl (C=O) groups excluding carboxylic acids is 1. The van der Waals surface area contributed by atoms with Crippen LogP contribution in [0.15, 0.2) is 36.5 Å². The van der Waals surface area contributed by atoms with Gasteiger partial charge in [-0.3, -0.25) is 4.79 Å². The molecule has 1 N–H and O–H groups in total. The Bertz CT molecular complexity index is 478. The third-order valence-electron chi connectivity index (χ3n) is 4.66. The monoisotopic (exact) mass is 285 g/mol. The maximum Gasteiger partial charge on any atom is 0.227 e. The first kappa shape index (κ1) is 15.8. The summed E-state index contributed by atoms with van der Waals surface area (Å²) in [5.74, 6) is 2.10. The van der Waals surface area contributed by atoms with Gasteiger partial charge in [0, 0.05) is 12.1 Å². The fourth-order valence-electron chi connectivity index (χ4n) is 3.39. The maximum absolute atomic E-state index is 12.5. The van der Waals surface area contributed by atoms with Crippen LogP contribution in [0.4, 0.5) is 0 Å². The van der Waals surface area contributed by atoms with Crippen molar-refractivity contribution >= 4 is 12.0 Å². The van der Waals surface area contributed by atoms with Crippen molar-refractivity contribution in [1.29, 1.82) is 0 Å². The fourth-order valence-corrected chi connectivity index (χ4v) is 3.39. The molecule has 1 aliphatic rings. The second kappa shape index (κ2) is 7.44. The quantitative estimate of drug-likeness (QED) is 0.868. The Morgan fingerprint density at radius 3 is 2.62 bits per heavy atom. The summed E-state index contributed by atoms with van der Waals surface area (Å²) < 4.78 is 0. The molecule has 1 aromatic carbocycles. The van der Waals surface area contributed by atoms with Gasteiger partial charge in [0.25, 0.3) is 0 Å². The van der Waals surface area contributed by atoms with Gasteiger partial charge in [0.15, 0.2) is 0 Å². The molecule has 0 aliphatic heterocycles. The second-order valence-corrected chi connectivity index (χ2v) is 6.69. The zero-order valence-corrected chi connectivity index (χ0v) is 13.4. The fraction of sp³-hybridized carbons (Fsp3) is 0.526. The average Bonchev–Trinajstić information content (AvgIpc) is 2.47. The van der Waals surface area contributed by atoms with E-state index >= 15 is 0 Å². The second-order valence-electron chi connectivity index (χ2n) is 6.69. The van der Waals surface area contributed by atoms with Crippen LogP contribution < -0.4 is 5.32 Å². The van der Waals surface area contributed by atoms with Crippen LogP contribution in [-0.2, 0) is 4.79 Å². The van der Waals surface area contributed by atoms with Crippen LogP contribution in [0.25, 0.3) is 6.08 Å². The lowest BCUT2D eigenvalue weighted by Gasteiger charge is -2.36. The number of carbonyl (C=O) groups is 1. The largest absolute Gasteiger partial charge is 0.332 e. The molecular weight excluding hydrogens is 258 g/mol. The van der Waals surface area contributed by atoms with Crippen molar-refractivity contribution in [2.45, 2.75) is 40.0 Å². The Labute approximate surface area is 128 Å². The molecule has 0 saturated heterocycles. The van der Waals surface area contributed by atoms with Crippen molar-refractivity contribution in [3.05, 3.63) is 42.1 Å². The standard InChI is InChI=1S/C19H27NO/c1-14(2)17-10-9-15(3)13-18(17)19(21)20-12-11-16-7-5-4-6-8-16/h4-8,11-12,14-15,17-18H,9-10,13H2,1-3H3,(H,20,21)/t15-,17+,18-/m1/s1. The third-order valence-corrected chi connectivity index (χ3v) is 4.66. The molecule has 0 unspecified atom stereocenters. The predicted octanol–water partition coefficient (Wildman–Crippen LogP) is 4.48. The molecule has 0 bridgehead atoms. The highest BCUT2D eigenvalue weighted by molar-refractivity contribution is 5.80. The van der Waals surface area contributed by atoms with Crippen LogP contribution in [0.1, 0.15) is 45.6 Å². The van der Waals surface area contributed by atoms with Crippen LogP contribution in [0, 0.1) is 23.7 Å². The van der Waals surface area contributed by atoms with Gasteiger partial charge < -0.3 is 5.32 Å². The highest BCUT2D eigenvalue weighted by Gasteiger charge is 2.34. The minimum absolute atomic E-state index is 0.161. The molecule has 1 fully saturated rings. The van der Waals surface area contributed by atoms with Gasteiger partial charge in [-0.25, -0.2) is 0 Å².